The van der Waals surface area contributed by atoms with Gasteiger partial charge in [0.05, 0.1) is 5.02 Å². The van der Waals surface area contributed by atoms with Crippen LogP contribution in [0, 0.1) is 0 Å². The molecule has 1 saturated heterocycles. The molecule has 1 heterocycles. The SMILES string of the molecule is CNCc1ccc(Cl)c(S(=O)(=O)N2CCCC2)c1. The Morgan fingerprint density at radius 2 is 2.00 bits per heavy atom. The van der Waals surface area contributed by atoms with Gasteiger partial charge in [-0.2, -0.15) is 4.31 Å². The van der Waals surface area contributed by atoms with Crippen LogP contribution >= 0.6 is 11.6 Å². The van der Waals surface area contributed by atoms with Crippen molar-refractivity contribution in [1.82, 2.24) is 9.62 Å². The maximum atomic E-state index is 12.4. The second-order valence-electron chi connectivity index (χ2n) is 4.41. The quantitative estimate of drug-likeness (QED) is 0.920. The van der Waals surface area contributed by atoms with E-state index < -0.39 is 10.0 Å². The Hall–Kier alpha value is -0.620. The number of hydrogen-bond donors (Lipinski definition) is 1. The van der Waals surface area contributed by atoms with Crippen LogP contribution in [0.15, 0.2) is 23.1 Å². The molecule has 1 aromatic carbocycles. The van der Waals surface area contributed by atoms with E-state index in [1.165, 1.54) is 4.31 Å². The molecule has 18 heavy (non-hydrogen) atoms. The lowest BCUT2D eigenvalue weighted by atomic mass is 10.2. The summed E-state index contributed by atoms with van der Waals surface area (Å²) in [5.74, 6) is 0. The van der Waals surface area contributed by atoms with E-state index in [1.807, 2.05) is 13.1 Å². The smallest absolute Gasteiger partial charge is 0.244 e. The van der Waals surface area contributed by atoms with Gasteiger partial charge >= 0.3 is 0 Å². The van der Waals surface area contributed by atoms with Crippen molar-refractivity contribution in [2.24, 2.45) is 0 Å². The highest BCUT2D eigenvalue weighted by atomic mass is 35.5. The first-order valence-corrected chi connectivity index (χ1v) is 7.80. The third-order valence-corrected chi connectivity index (χ3v) is 5.44. The molecular weight excluding hydrogens is 272 g/mol. The molecule has 2 rings (SSSR count). The van der Waals surface area contributed by atoms with Gasteiger partial charge in [0.1, 0.15) is 4.90 Å². The fraction of sp³-hybridized carbons (Fsp3) is 0.500. The maximum Gasteiger partial charge on any atom is 0.244 e. The third-order valence-electron chi connectivity index (χ3n) is 3.06. The lowest BCUT2D eigenvalue weighted by Gasteiger charge is -2.17. The predicted octanol–water partition coefficient (Wildman–Crippen LogP) is 1.84. The van der Waals surface area contributed by atoms with Gasteiger partial charge in [0.15, 0.2) is 0 Å². The number of nitrogens with one attached hydrogen (secondary N) is 1. The molecule has 1 N–H and O–H groups in total. The van der Waals surface area contributed by atoms with E-state index in [-0.39, 0.29) is 4.90 Å². The highest BCUT2D eigenvalue weighted by Crippen LogP contribution is 2.28. The van der Waals surface area contributed by atoms with E-state index in [0.29, 0.717) is 24.7 Å². The Bertz CT molecular complexity index is 525. The van der Waals surface area contributed by atoms with E-state index >= 15 is 0 Å². The lowest BCUT2D eigenvalue weighted by molar-refractivity contribution is 0.477. The number of halogens is 1. The minimum Gasteiger partial charge on any atom is -0.316 e. The third kappa shape index (κ3) is 2.69. The predicted molar refractivity (Wildman–Crippen MR) is 72.2 cm³/mol. The summed E-state index contributed by atoms with van der Waals surface area (Å²) < 4.78 is 26.4. The van der Waals surface area contributed by atoms with Crippen LogP contribution < -0.4 is 5.32 Å². The van der Waals surface area contributed by atoms with Crippen molar-refractivity contribution in [3.05, 3.63) is 28.8 Å². The monoisotopic (exact) mass is 288 g/mol. The van der Waals surface area contributed by atoms with Crippen molar-refractivity contribution in [3.8, 4) is 0 Å². The fourth-order valence-electron chi connectivity index (χ4n) is 2.13. The minimum absolute atomic E-state index is 0.221. The number of hydrogen-bond acceptors (Lipinski definition) is 3. The summed E-state index contributed by atoms with van der Waals surface area (Å²) in [6.45, 7) is 1.81. The number of sulfonamides is 1. The molecule has 1 aliphatic rings. The molecular formula is C12H17ClN2O2S. The van der Waals surface area contributed by atoms with Gasteiger partial charge in [0.25, 0.3) is 0 Å². The van der Waals surface area contributed by atoms with Crippen molar-refractivity contribution in [2.45, 2.75) is 24.3 Å². The second-order valence-corrected chi connectivity index (χ2v) is 6.72. The summed E-state index contributed by atoms with van der Waals surface area (Å²) in [6.07, 6.45) is 1.85. The Labute approximate surface area is 113 Å². The molecule has 0 radical (unpaired) electrons. The van der Waals surface area contributed by atoms with Crippen LogP contribution in [-0.4, -0.2) is 32.9 Å². The van der Waals surface area contributed by atoms with Gasteiger partial charge in [-0.25, -0.2) is 8.42 Å². The molecule has 0 unspecified atom stereocenters. The van der Waals surface area contributed by atoms with Crippen LogP contribution in [0.2, 0.25) is 5.02 Å². The second kappa shape index (κ2) is 5.57. The van der Waals surface area contributed by atoms with E-state index in [2.05, 4.69) is 5.32 Å². The molecule has 6 heteroatoms. The molecule has 0 atom stereocenters. The molecule has 0 aromatic heterocycles. The Balaban J connectivity index is 2.39. The Morgan fingerprint density at radius 3 is 2.61 bits per heavy atom. The molecule has 0 bridgehead atoms. The average Bonchev–Trinajstić information content (AvgIpc) is 2.86. The maximum absolute atomic E-state index is 12.4. The molecule has 0 spiro atoms. The van der Waals surface area contributed by atoms with Crippen molar-refractivity contribution in [3.63, 3.8) is 0 Å². The van der Waals surface area contributed by atoms with E-state index in [0.717, 1.165) is 18.4 Å². The van der Waals surface area contributed by atoms with Gasteiger partial charge in [0, 0.05) is 19.6 Å². The zero-order valence-corrected chi connectivity index (χ0v) is 11.9. The summed E-state index contributed by atoms with van der Waals surface area (Å²) >= 11 is 6.03. The van der Waals surface area contributed by atoms with Crippen molar-refractivity contribution < 1.29 is 8.42 Å². The molecule has 4 nitrogen and oxygen atoms in total. The van der Waals surface area contributed by atoms with Crippen molar-refractivity contribution in [1.29, 1.82) is 0 Å². The Kier molecular flexibility index (Phi) is 4.27. The van der Waals surface area contributed by atoms with Gasteiger partial charge in [-0.1, -0.05) is 17.7 Å². The largest absolute Gasteiger partial charge is 0.316 e. The number of rotatable bonds is 4. The first-order chi connectivity index (χ1) is 8.55. The average molecular weight is 289 g/mol. The molecule has 0 aliphatic carbocycles. The first-order valence-electron chi connectivity index (χ1n) is 5.99. The van der Waals surface area contributed by atoms with Crippen LogP contribution in [0.5, 0.6) is 0 Å². The normalized spacial score (nSPS) is 17.2. The zero-order chi connectivity index (χ0) is 13.2. The van der Waals surface area contributed by atoms with Gasteiger partial charge in [0.2, 0.25) is 10.0 Å². The van der Waals surface area contributed by atoms with Crippen LogP contribution in [0.4, 0.5) is 0 Å². The molecule has 1 aliphatic heterocycles. The minimum atomic E-state index is -3.44. The van der Waals surface area contributed by atoms with Gasteiger partial charge in [-0.3, -0.25) is 0 Å². The molecule has 0 saturated carbocycles. The summed E-state index contributed by atoms with van der Waals surface area (Å²) in [5.41, 5.74) is 0.916. The molecule has 1 aromatic rings. The highest BCUT2D eigenvalue weighted by Gasteiger charge is 2.29. The number of nitrogens with zero attached hydrogens (tertiary/aromatic N) is 1. The molecule has 1 fully saturated rings. The zero-order valence-electron chi connectivity index (χ0n) is 10.3. The highest BCUT2D eigenvalue weighted by molar-refractivity contribution is 7.89. The molecule has 0 amide bonds. The molecule has 100 valence electrons. The summed E-state index contributed by atoms with van der Waals surface area (Å²) in [6, 6.07) is 5.14. The van der Waals surface area contributed by atoms with Crippen LogP contribution in [0.3, 0.4) is 0 Å². The van der Waals surface area contributed by atoms with E-state index in [9.17, 15) is 8.42 Å². The number of benzene rings is 1. The van der Waals surface area contributed by atoms with E-state index in [1.54, 1.807) is 12.1 Å². The van der Waals surface area contributed by atoms with Crippen molar-refractivity contribution in [2.75, 3.05) is 20.1 Å². The first kappa shape index (κ1) is 13.8. The standard InChI is InChI=1S/C12H17ClN2O2S/c1-14-9-10-4-5-11(13)12(8-10)18(16,17)15-6-2-3-7-15/h4-5,8,14H,2-3,6-7,9H2,1H3. The van der Waals surface area contributed by atoms with Gasteiger partial charge < -0.3 is 5.32 Å². The van der Waals surface area contributed by atoms with Crippen molar-refractivity contribution >= 4 is 21.6 Å². The Morgan fingerprint density at radius 1 is 1.33 bits per heavy atom. The van der Waals surface area contributed by atoms with Gasteiger partial charge in [-0.15, -0.1) is 0 Å². The van der Waals surface area contributed by atoms with Crippen LogP contribution in [-0.2, 0) is 16.6 Å². The van der Waals surface area contributed by atoms with Crippen LogP contribution in [0.25, 0.3) is 0 Å². The summed E-state index contributed by atoms with van der Waals surface area (Å²) in [5, 5.41) is 3.29. The van der Waals surface area contributed by atoms with Gasteiger partial charge in [-0.05, 0) is 37.6 Å². The topological polar surface area (TPSA) is 49.4 Å². The summed E-state index contributed by atoms with van der Waals surface area (Å²) in [4.78, 5) is 0.221. The van der Waals surface area contributed by atoms with E-state index in [4.69, 9.17) is 11.6 Å². The van der Waals surface area contributed by atoms with Crippen LogP contribution in [0.1, 0.15) is 18.4 Å². The lowest BCUT2D eigenvalue weighted by Crippen LogP contribution is -2.28. The fourth-order valence-corrected chi connectivity index (χ4v) is 4.17. The summed E-state index contributed by atoms with van der Waals surface area (Å²) in [7, 11) is -1.61.